The largest absolute Gasteiger partial charge is 0.320 e. The van der Waals surface area contributed by atoms with Crippen LogP contribution in [0, 0.1) is 0 Å². The van der Waals surface area contributed by atoms with Gasteiger partial charge >= 0.3 is 0 Å². The quantitative estimate of drug-likeness (QED) is 0.352. The first-order valence-electron chi connectivity index (χ1n) is 9.75. The Kier molecular flexibility index (Phi) is 6.11. The van der Waals surface area contributed by atoms with Crippen molar-refractivity contribution >= 4 is 39.2 Å². The van der Waals surface area contributed by atoms with Crippen molar-refractivity contribution in [3.63, 3.8) is 0 Å². The van der Waals surface area contributed by atoms with Crippen molar-refractivity contribution in [2.24, 2.45) is 5.10 Å². The minimum Gasteiger partial charge on any atom is -0.320 e. The molecule has 0 radical (unpaired) electrons. The molecule has 1 aliphatic rings. The molecular formula is C21H19N7O4S. The molecule has 2 aromatic carbocycles. The Morgan fingerprint density at radius 3 is 2.30 bits per heavy atom. The molecule has 2 amide bonds. The molecule has 3 N–H and O–H groups in total. The van der Waals surface area contributed by atoms with Gasteiger partial charge in [0.25, 0.3) is 21.8 Å². The van der Waals surface area contributed by atoms with Crippen molar-refractivity contribution < 1.29 is 18.0 Å². The predicted molar refractivity (Wildman–Crippen MR) is 121 cm³/mol. The number of amides is 2. The lowest BCUT2D eigenvalue weighted by Crippen LogP contribution is -2.46. The molecule has 168 valence electrons. The van der Waals surface area contributed by atoms with Gasteiger partial charge in [-0.05, 0) is 49.4 Å². The summed E-state index contributed by atoms with van der Waals surface area (Å²) < 4.78 is 27.2. The van der Waals surface area contributed by atoms with E-state index in [1.165, 1.54) is 36.7 Å². The Hall–Kier alpha value is -4.16. The molecule has 3 aromatic rings. The van der Waals surface area contributed by atoms with Gasteiger partial charge in [-0.25, -0.2) is 28.5 Å². The highest BCUT2D eigenvalue weighted by molar-refractivity contribution is 7.92. The van der Waals surface area contributed by atoms with Gasteiger partial charge < -0.3 is 5.43 Å². The molecular weight excluding hydrogens is 446 g/mol. The standard InChI is InChI=1S/C21H19N7O4S/c1-14-18(20(30)28(26-14)19(29)15-6-3-2-4-7-15)25-24-16-8-10-17(11-9-16)33(31,32)27-21-22-12-5-13-23-21/h2-13,18,24-25H,1H3,(H,22,23,27). The normalized spacial score (nSPS) is 15.8. The lowest BCUT2D eigenvalue weighted by Gasteiger charge is -2.16. The number of sulfonamides is 1. The number of anilines is 2. The van der Waals surface area contributed by atoms with Crippen molar-refractivity contribution in [2.45, 2.75) is 17.9 Å². The van der Waals surface area contributed by atoms with Crippen molar-refractivity contribution in [1.82, 2.24) is 20.4 Å². The second kappa shape index (κ2) is 9.14. The predicted octanol–water partition coefficient (Wildman–Crippen LogP) is 1.62. The smallest absolute Gasteiger partial charge is 0.281 e. The van der Waals surface area contributed by atoms with Gasteiger partial charge in [0.15, 0.2) is 0 Å². The lowest BCUT2D eigenvalue weighted by atomic mass is 10.2. The van der Waals surface area contributed by atoms with Crippen LogP contribution in [-0.4, -0.2) is 47.0 Å². The summed E-state index contributed by atoms with van der Waals surface area (Å²) in [5.41, 5.74) is 6.92. The summed E-state index contributed by atoms with van der Waals surface area (Å²) in [5, 5.41) is 4.91. The van der Waals surface area contributed by atoms with Crippen LogP contribution in [0.5, 0.6) is 0 Å². The van der Waals surface area contributed by atoms with Crippen LogP contribution in [0.15, 0.2) is 83.1 Å². The third kappa shape index (κ3) is 4.86. The number of imide groups is 1. The molecule has 0 bridgehead atoms. The first-order valence-corrected chi connectivity index (χ1v) is 11.2. The fourth-order valence-corrected chi connectivity index (χ4v) is 3.94. The number of hydrogen-bond acceptors (Lipinski definition) is 9. The summed E-state index contributed by atoms with van der Waals surface area (Å²) in [5.74, 6) is -1.08. The molecule has 1 aliphatic heterocycles. The molecule has 4 rings (SSSR count). The topological polar surface area (TPSA) is 146 Å². The number of hydrogen-bond donors (Lipinski definition) is 3. The first kappa shape index (κ1) is 22.0. The van der Waals surface area contributed by atoms with Gasteiger partial charge in [-0.15, -0.1) is 0 Å². The number of nitrogens with one attached hydrogen (secondary N) is 3. The number of rotatable bonds is 7. The van der Waals surface area contributed by atoms with E-state index in [2.05, 4.69) is 30.6 Å². The number of carbonyl (C=O) groups is 2. The van der Waals surface area contributed by atoms with Gasteiger partial charge in [-0.2, -0.15) is 10.1 Å². The van der Waals surface area contributed by atoms with Crippen LogP contribution in [0.4, 0.5) is 11.6 Å². The molecule has 11 nitrogen and oxygen atoms in total. The molecule has 0 saturated carbocycles. The molecule has 1 atom stereocenters. The zero-order valence-corrected chi connectivity index (χ0v) is 18.2. The molecule has 0 spiro atoms. The van der Waals surface area contributed by atoms with Gasteiger partial charge in [0.1, 0.15) is 6.04 Å². The van der Waals surface area contributed by atoms with E-state index in [1.807, 2.05) is 0 Å². The van der Waals surface area contributed by atoms with Crippen LogP contribution in [0.3, 0.4) is 0 Å². The molecule has 0 saturated heterocycles. The molecule has 1 aromatic heterocycles. The minimum atomic E-state index is -3.86. The zero-order chi connectivity index (χ0) is 23.4. The van der Waals surface area contributed by atoms with Crippen molar-refractivity contribution in [3.8, 4) is 0 Å². The molecule has 0 fully saturated rings. The van der Waals surface area contributed by atoms with E-state index >= 15 is 0 Å². The zero-order valence-electron chi connectivity index (χ0n) is 17.3. The number of hydrazone groups is 1. The van der Waals surface area contributed by atoms with E-state index in [0.717, 1.165) is 5.01 Å². The number of carbonyl (C=O) groups excluding carboxylic acids is 2. The lowest BCUT2D eigenvalue weighted by molar-refractivity contribution is -0.127. The van der Waals surface area contributed by atoms with Crippen molar-refractivity contribution in [2.75, 3.05) is 10.1 Å². The Morgan fingerprint density at radius 2 is 1.64 bits per heavy atom. The van der Waals surface area contributed by atoms with Gasteiger partial charge in [0.2, 0.25) is 5.95 Å². The summed E-state index contributed by atoms with van der Waals surface area (Å²) in [6.45, 7) is 1.63. The van der Waals surface area contributed by atoms with Gasteiger partial charge in [0.05, 0.1) is 10.6 Å². The number of hydrazine groups is 1. The molecule has 0 aliphatic carbocycles. The van der Waals surface area contributed by atoms with Gasteiger partial charge in [-0.1, -0.05) is 18.2 Å². The van der Waals surface area contributed by atoms with Gasteiger partial charge in [0, 0.05) is 23.6 Å². The van der Waals surface area contributed by atoms with Crippen LogP contribution >= 0.6 is 0 Å². The highest BCUT2D eigenvalue weighted by Crippen LogP contribution is 2.17. The fraction of sp³-hybridized carbons (Fsp3) is 0.0952. The average molecular weight is 465 g/mol. The van der Waals surface area contributed by atoms with E-state index < -0.39 is 27.9 Å². The third-order valence-corrected chi connectivity index (χ3v) is 6.01. The highest BCUT2D eigenvalue weighted by atomic mass is 32.2. The Balaban J connectivity index is 1.39. The second-order valence-electron chi connectivity index (χ2n) is 6.97. The summed E-state index contributed by atoms with van der Waals surface area (Å²) in [4.78, 5) is 32.9. The van der Waals surface area contributed by atoms with Crippen molar-refractivity contribution in [1.29, 1.82) is 0 Å². The van der Waals surface area contributed by atoms with Crippen LogP contribution < -0.4 is 15.6 Å². The molecule has 12 heteroatoms. The van der Waals surface area contributed by atoms with Crippen LogP contribution in [0.25, 0.3) is 0 Å². The van der Waals surface area contributed by atoms with E-state index in [9.17, 15) is 18.0 Å². The van der Waals surface area contributed by atoms with Crippen molar-refractivity contribution in [3.05, 3.63) is 78.6 Å². The Morgan fingerprint density at radius 1 is 0.970 bits per heavy atom. The van der Waals surface area contributed by atoms with E-state index in [4.69, 9.17) is 0 Å². The van der Waals surface area contributed by atoms with E-state index in [0.29, 0.717) is 17.0 Å². The van der Waals surface area contributed by atoms with Crippen LogP contribution in [0.1, 0.15) is 17.3 Å². The second-order valence-corrected chi connectivity index (χ2v) is 8.65. The number of aromatic nitrogens is 2. The maximum absolute atomic E-state index is 12.7. The fourth-order valence-electron chi connectivity index (χ4n) is 2.98. The first-order chi connectivity index (χ1) is 15.8. The number of benzene rings is 2. The van der Waals surface area contributed by atoms with Crippen LogP contribution in [-0.2, 0) is 14.8 Å². The summed E-state index contributed by atoms with van der Waals surface area (Å²) in [6, 6.07) is 14.9. The highest BCUT2D eigenvalue weighted by Gasteiger charge is 2.37. The Bertz CT molecular complexity index is 1300. The molecule has 1 unspecified atom stereocenters. The van der Waals surface area contributed by atoms with Crippen LogP contribution in [0.2, 0.25) is 0 Å². The molecule has 2 heterocycles. The summed E-state index contributed by atoms with van der Waals surface area (Å²) >= 11 is 0. The average Bonchev–Trinajstić information content (AvgIpc) is 3.11. The summed E-state index contributed by atoms with van der Waals surface area (Å²) in [7, 11) is -3.86. The Labute approximate surface area is 189 Å². The monoisotopic (exact) mass is 465 g/mol. The van der Waals surface area contributed by atoms with E-state index in [1.54, 1.807) is 43.3 Å². The number of nitrogens with zero attached hydrogens (tertiary/aromatic N) is 4. The summed E-state index contributed by atoms with van der Waals surface area (Å²) in [6.07, 6.45) is 2.85. The third-order valence-electron chi connectivity index (χ3n) is 4.66. The maximum atomic E-state index is 12.7. The van der Waals surface area contributed by atoms with Gasteiger partial charge in [-0.3, -0.25) is 9.59 Å². The maximum Gasteiger partial charge on any atom is 0.281 e. The SMILES string of the molecule is CC1=NN(C(=O)c2ccccc2)C(=O)C1NNc1ccc(S(=O)(=O)Nc2ncccn2)cc1. The van der Waals surface area contributed by atoms with E-state index in [-0.39, 0.29) is 10.8 Å². The molecule has 33 heavy (non-hydrogen) atoms. The minimum absolute atomic E-state index is 0.00909.